The SMILES string of the molecule is CC(=O)C1Cc2c(Br)cc(Br)cc2C(=O)O1. The molecule has 1 unspecified atom stereocenters. The minimum Gasteiger partial charge on any atom is -0.450 e. The first-order chi connectivity index (χ1) is 7.49. The highest BCUT2D eigenvalue weighted by Gasteiger charge is 2.30. The lowest BCUT2D eigenvalue weighted by atomic mass is 9.97. The Morgan fingerprint density at radius 3 is 2.75 bits per heavy atom. The zero-order chi connectivity index (χ0) is 11.9. The van der Waals surface area contributed by atoms with Crippen LogP contribution in [0.1, 0.15) is 22.8 Å². The summed E-state index contributed by atoms with van der Waals surface area (Å²) in [5, 5.41) is 0. The number of halogens is 2. The molecule has 1 aliphatic heterocycles. The first kappa shape index (κ1) is 11.8. The maximum atomic E-state index is 11.7. The number of ketones is 1. The molecule has 0 spiro atoms. The topological polar surface area (TPSA) is 43.4 Å². The quantitative estimate of drug-likeness (QED) is 0.734. The van der Waals surface area contributed by atoms with Crippen molar-refractivity contribution in [1.82, 2.24) is 0 Å². The Kier molecular flexibility index (Phi) is 3.17. The van der Waals surface area contributed by atoms with Crippen LogP contribution in [0.15, 0.2) is 21.1 Å². The van der Waals surface area contributed by atoms with Crippen LogP contribution in [-0.4, -0.2) is 17.9 Å². The number of carbonyl (C=O) groups excluding carboxylic acids is 2. The number of benzene rings is 1. The average molecular weight is 348 g/mol. The minimum atomic E-state index is -0.655. The van der Waals surface area contributed by atoms with Crippen LogP contribution in [0, 0.1) is 0 Å². The van der Waals surface area contributed by atoms with E-state index in [2.05, 4.69) is 31.9 Å². The Balaban J connectivity index is 2.50. The van der Waals surface area contributed by atoms with Crippen molar-refractivity contribution >= 4 is 43.6 Å². The fourth-order valence-electron chi connectivity index (χ4n) is 1.64. The van der Waals surface area contributed by atoms with Crippen LogP contribution in [-0.2, 0) is 16.0 Å². The van der Waals surface area contributed by atoms with Crippen molar-refractivity contribution in [3.63, 3.8) is 0 Å². The third-order valence-electron chi connectivity index (χ3n) is 2.47. The number of hydrogen-bond donors (Lipinski definition) is 0. The number of rotatable bonds is 1. The molecule has 0 fully saturated rings. The molecule has 1 aromatic rings. The van der Waals surface area contributed by atoms with Crippen LogP contribution >= 0.6 is 31.9 Å². The molecule has 1 atom stereocenters. The van der Waals surface area contributed by atoms with E-state index in [0.29, 0.717) is 12.0 Å². The summed E-state index contributed by atoms with van der Waals surface area (Å²) < 4.78 is 6.68. The van der Waals surface area contributed by atoms with E-state index in [1.54, 1.807) is 6.07 Å². The highest BCUT2D eigenvalue weighted by Crippen LogP contribution is 2.31. The van der Waals surface area contributed by atoms with Crippen molar-refractivity contribution < 1.29 is 14.3 Å². The molecule has 0 bridgehead atoms. The largest absolute Gasteiger partial charge is 0.450 e. The number of cyclic esters (lactones) is 1. The zero-order valence-electron chi connectivity index (χ0n) is 8.42. The van der Waals surface area contributed by atoms with Crippen molar-refractivity contribution in [2.45, 2.75) is 19.4 Å². The van der Waals surface area contributed by atoms with Crippen molar-refractivity contribution in [2.75, 3.05) is 0 Å². The molecule has 0 N–H and O–H groups in total. The normalized spacial score (nSPS) is 18.9. The molecule has 2 rings (SSSR count). The van der Waals surface area contributed by atoms with Gasteiger partial charge in [-0.1, -0.05) is 31.9 Å². The van der Waals surface area contributed by atoms with Gasteiger partial charge >= 0.3 is 5.97 Å². The van der Waals surface area contributed by atoms with E-state index < -0.39 is 12.1 Å². The van der Waals surface area contributed by atoms with Gasteiger partial charge in [-0.3, -0.25) is 4.79 Å². The number of hydrogen-bond acceptors (Lipinski definition) is 3. The van der Waals surface area contributed by atoms with Crippen molar-refractivity contribution in [2.24, 2.45) is 0 Å². The van der Waals surface area contributed by atoms with E-state index in [1.165, 1.54) is 6.92 Å². The van der Waals surface area contributed by atoms with Gasteiger partial charge in [-0.05, 0) is 24.6 Å². The van der Waals surface area contributed by atoms with Crippen LogP contribution in [0.4, 0.5) is 0 Å². The standard InChI is InChI=1S/C11H8Br2O3/c1-5(14)10-4-7-8(11(15)16-10)2-6(12)3-9(7)13/h2-3,10H,4H2,1H3. The van der Waals surface area contributed by atoms with E-state index in [1.807, 2.05) is 6.07 Å². The third-order valence-corrected chi connectivity index (χ3v) is 3.64. The second-order valence-electron chi connectivity index (χ2n) is 3.62. The lowest BCUT2D eigenvalue weighted by Crippen LogP contribution is -2.33. The summed E-state index contributed by atoms with van der Waals surface area (Å²) in [5.74, 6) is -0.572. The molecular weight excluding hydrogens is 340 g/mol. The smallest absolute Gasteiger partial charge is 0.339 e. The van der Waals surface area contributed by atoms with Gasteiger partial charge in [0.05, 0.1) is 5.56 Å². The van der Waals surface area contributed by atoms with Crippen molar-refractivity contribution in [1.29, 1.82) is 0 Å². The van der Waals surface area contributed by atoms with Gasteiger partial charge in [-0.2, -0.15) is 0 Å². The third kappa shape index (κ3) is 2.06. The number of ether oxygens (including phenoxy) is 1. The molecule has 3 nitrogen and oxygen atoms in total. The molecule has 1 aliphatic rings. The highest BCUT2D eigenvalue weighted by atomic mass is 79.9. The van der Waals surface area contributed by atoms with E-state index in [4.69, 9.17) is 4.74 Å². The maximum absolute atomic E-state index is 11.7. The summed E-state index contributed by atoms with van der Waals surface area (Å²) in [7, 11) is 0. The molecule has 0 saturated heterocycles. The van der Waals surface area contributed by atoms with Gasteiger partial charge in [-0.15, -0.1) is 0 Å². The minimum absolute atomic E-state index is 0.131. The van der Waals surface area contributed by atoms with Crippen LogP contribution < -0.4 is 0 Å². The fraction of sp³-hybridized carbons (Fsp3) is 0.273. The van der Waals surface area contributed by atoms with Crippen molar-refractivity contribution in [3.8, 4) is 0 Å². The Labute approximate surface area is 109 Å². The Bertz CT molecular complexity index is 482. The second-order valence-corrected chi connectivity index (χ2v) is 5.39. The number of carbonyl (C=O) groups is 2. The van der Waals surface area contributed by atoms with E-state index in [9.17, 15) is 9.59 Å². The van der Waals surface area contributed by atoms with E-state index in [0.717, 1.165) is 14.5 Å². The summed E-state index contributed by atoms with van der Waals surface area (Å²) in [6, 6.07) is 3.56. The summed E-state index contributed by atoms with van der Waals surface area (Å²) in [6.07, 6.45) is -0.220. The highest BCUT2D eigenvalue weighted by molar-refractivity contribution is 9.11. The van der Waals surface area contributed by atoms with E-state index >= 15 is 0 Å². The van der Waals surface area contributed by atoms with Crippen LogP contribution in [0.2, 0.25) is 0 Å². The fourth-order valence-corrected chi connectivity index (χ4v) is 3.03. The van der Waals surface area contributed by atoms with Gasteiger partial charge in [-0.25, -0.2) is 4.79 Å². The summed E-state index contributed by atoms with van der Waals surface area (Å²) in [6.45, 7) is 1.43. The molecular formula is C11H8Br2O3. The predicted octanol–water partition coefficient (Wildman–Crippen LogP) is 2.88. The molecule has 1 aromatic carbocycles. The van der Waals surface area contributed by atoms with Gasteiger partial charge < -0.3 is 4.74 Å². The lowest BCUT2D eigenvalue weighted by Gasteiger charge is -2.23. The summed E-state index contributed by atoms with van der Waals surface area (Å²) in [4.78, 5) is 22.9. The molecule has 0 saturated carbocycles. The molecule has 1 heterocycles. The molecule has 16 heavy (non-hydrogen) atoms. The van der Waals surface area contributed by atoms with Crippen molar-refractivity contribution in [3.05, 3.63) is 32.2 Å². The molecule has 0 amide bonds. The van der Waals surface area contributed by atoms with Gasteiger partial charge in [0.1, 0.15) is 0 Å². The average Bonchev–Trinajstić information content (AvgIpc) is 2.19. The Morgan fingerprint density at radius 2 is 2.12 bits per heavy atom. The van der Waals surface area contributed by atoms with Gasteiger partial charge in [0.2, 0.25) is 0 Å². The number of Topliss-reactive ketones (excluding diaryl/α,β-unsaturated/α-hetero) is 1. The number of esters is 1. The maximum Gasteiger partial charge on any atom is 0.339 e. The summed E-state index contributed by atoms with van der Waals surface area (Å²) in [5.41, 5.74) is 1.35. The van der Waals surface area contributed by atoms with Crippen LogP contribution in [0.3, 0.4) is 0 Å². The first-order valence-corrected chi connectivity index (χ1v) is 6.27. The van der Waals surface area contributed by atoms with E-state index in [-0.39, 0.29) is 5.78 Å². The Morgan fingerprint density at radius 1 is 1.44 bits per heavy atom. The monoisotopic (exact) mass is 346 g/mol. The summed E-state index contributed by atoms with van der Waals surface area (Å²) >= 11 is 6.70. The predicted molar refractivity (Wildman–Crippen MR) is 65.4 cm³/mol. The lowest BCUT2D eigenvalue weighted by molar-refractivity contribution is -0.125. The molecule has 84 valence electrons. The molecule has 5 heteroatoms. The van der Waals surface area contributed by atoms with Crippen LogP contribution in [0.5, 0.6) is 0 Å². The number of fused-ring (bicyclic) bond motifs is 1. The van der Waals surface area contributed by atoms with Gasteiger partial charge in [0.15, 0.2) is 11.9 Å². The van der Waals surface area contributed by atoms with Gasteiger partial charge in [0.25, 0.3) is 0 Å². The van der Waals surface area contributed by atoms with Gasteiger partial charge in [0, 0.05) is 15.4 Å². The Hall–Kier alpha value is -0.680. The second kappa shape index (κ2) is 4.30. The molecule has 0 aliphatic carbocycles. The molecule has 0 aromatic heterocycles. The molecule has 0 radical (unpaired) electrons. The zero-order valence-corrected chi connectivity index (χ0v) is 11.6. The van der Waals surface area contributed by atoms with Crippen LogP contribution in [0.25, 0.3) is 0 Å². The first-order valence-electron chi connectivity index (χ1n) is 4.68.